The van der Waals surface area contributed by atoms with Gasteiger partial charge in [0.2, 0.25) is 5.91 Å². The summed E-state index contributed by atoms with van der Waals surface area (Å²) in [7, 11) is -16.8. The van der Waals surface area contributed by atoms with Crippen molar-refractivity contribution >= 4 is 41.2 Å². The van der Waals surface area contributed by atoms with Crippen molar-refractivity contribution < 1.29 is 75.7 Å². The Morgan fingerprint density at radius 3 is 2.35 bits per heavy atom. The van der Waals surface area contributed by atoms with E-state index in [1.165, 1.54) is 0 Å². The van der Waals surface area contributed by atoms with E-state index >= 15 is 0 Å². The highest BCUT2D eigenvalue weighted by atomic mass is 31.3. The molecular formula is C14H19N3O17P3-3. The summed E-state index contributed by atoms with van der Waals surface area (Å²) in [6.45, 7) is -1.19. The summed E-state index contributed by atoms with van der Waals surface area (Å²) < 4.78 is 54.2. The molecule has 2 rings (SSSR count). The molecule has 7 atom stereocenters. The zero-order chi connectivity index (χ0) is 28.2. The average molecular weight is 594 g/mol. The number of aromatic nitrogens is 2. The monoisotopic (exact) mass is 594 g/mol. The van der Waals surface area contributed by atoms with Crippen molar-refractivity contribution in [1.29, 1.82) is 0 Å². The summed E-state index contributed by atoms with van der Waals surface area (Å²) in [6.07, 6.45) is -6.63. The second-order valence-corrected chi connectivity index (χ2v) is 11.3. The van der Waals surface area contributed by atoms with Gasteiger partial charge < -0.3 is 49.1 Å². The number of carbonyl (C=O) groups is 2. The normalized spacial score (nSPS) is 26.5. The number of ether oxygens (including phenoxy) is 2. The molecule has 37 heavy (non-hydrogen) atoms. The minimum absolute atomic E-state index is 0.232. The molecule has 4 N–H and O–H groups in total. The van der Waals surface area contributed by atoms with Gasteiger partial charge in [-0.15, -0.1) is 0 Å². The van der Waals surface area contributed by atoms with Crippen LogP contribution in [-0.4, -0.2) is 68.6 Å². The van der Waals surface area contributed by atoms with Crippen molar-refractivity contribution in [3.05, 3.63) is 22.7 Å². The van der Waals surface area contributed by atoms with Gasteiger partial charge in [-0.05, 0) is 6.07 Å². The molecule has 0 spiro atoms. The highest BCUT2D eigenvalue weighted by Crippen LogP contribution is 2.61. The van der Waals surface area contributed by atoms with E-state index in [0.717, 1.165) is 19.4 Å². The molecule has 210 valence electrons. The topological polar surface area (TPSA) is 308 Å². The summed E-state index contributed by atoms with van der Waals surface area (Å²) >= 11 is 0. The highest BCUT2D eigenvalue weighted by Gasteiger charge is 2.45. The Morgan fingerprint density at radius 2 is 1.78 bits per heavy atom. The van der Waals surface area contributed by atoms with E-state index < -0.39 is 72.2 Å². The number of amides is 1. The molecule has 1 amide bonds. The number of carbonyl (C=O) groups excluding carboxylic acids is 2. The van der Waals surface area contributed by atoms with Gasteiger partial charge in [-0.1, -0.05) is 0 Å². The van der Waals surface area contributed by atoms with Crippen LogP contribution < -0.4 is 25.7 Å². The van der Waals surface area contributed by atoms with Gasteiger partial charge in [0.25, 0.3) is 23.5 Å². The van der Waals surface area contributed by atoms with Crippen LogP contribution in [0.5, 0.6) is 0 Å². The van der Waals surface area contributed by atoms with Crippen LogP contribution in [0, 0.1) is 0 Å². The molecule has 0 aromatic carbocycles. The third-order valence-electron chi connectivity index (χ3n) is 4.29. The van der Waals surface area contributed by atoms with Gasteiger partial charge >= 0.3 is 11.7 Å². The van der Waals surface area contributed by atoms with Gasteiger partial charge in [-0.25, -0.2) is 13.4 Å². The van der Waals surface area contributed by atoms with Gasteiger partial charge in [0, 0.05) is 12.6 Å². The first-order valence-electron chi connectivity index (χ1n) is 9.63. The first-order valence-corrected chi connectivity index (χ1v) is 14.1. The highest BCUT2D eigenvalue weighted by molar-refractivity contribution is 7.65. The minimum Gasteiger partial charge on any atom is -0.756 e. The van der Waals surface area contributed by atoms with Crippen molar-refractivity contribution in [3.8, 4) is 0 Å². The lowest BCUT2D eigenvalue weighted by atomic mass is 10.1. The number of anilines is 1. The Morgan fingerprint density at radius 1 is 1.14 bits per heavy atom. The van der Waals surface area contributed by atoms with Crippen LogP contribution in [0.1, 0.15) is 19.1 Å². The molecule has 1 aromatic heterocycles. The number of nitrogens with one attached hydrogen (secondary N) is 1. The molecule has 1 aliphatic rings. The first-order chi connectivity index (χ1) is 16.9. The van der Waals surface area contributed by atoms with Gasteiger partial charge in [-0.2, -0.15) is 4.98 Å². The van der Waals surface area contributed by atoms with Gasteiger partial charge in [-0.3, -0.25) is 27.9 Å². The number of phosphoric acid groups is 3. The second-order valence-electron chi connectivity index (χ2n) is 7.00. The van der Waals surface area contributed by atoms with E-state index in [9.17, 15) is 53.0 Å². The lowest BCUT2D eigenvalue weighted by Crippen LogP contribution is -2.36. The number of hydrogen-bond donors (Lipinski definition) is 4. The van der Waals surface area contributed by atoms with Crippen molar-refractivity contribution in [2.45, 2.75) is 37.4 Å². The molecular weight excluding hydrogens is 575 g/mol. The largest absolute Gasteiger partial charge is 0.756 e. The Bertz CT molecular complexity index is 1200. The fraction of sp³-hybridized carbons (Fsp3) is 0.571. The summed E-state index contributed by atoms with van der Waals surface area (Å²) in [6, 6.07) is 1.10. The molecule has 1 aromatic rings. The van der Waals surface area contributed by atoms with Crippen molar-refractivity contribution in [1.82, 2.24) is 9.55 Å². The minimum atomic E-state index is -6.15. The molecule has 0 radical (unpaired) electrons. The van der Waals surface area contributed by atoms with E-state index in [1.54, 1.807) is 0 Å². The standard InChI is InChI=1S/C14H22N3O17P3/c1-30-10(19)3-2-9(18)15-8-4-5-17(14(22)16-8)13-12(21)11(20)7(32-13)6-31-36(26,27)34-37(28,29)33-35(23,24)25/h4-5,7,11-13,20-21H,2-3,6H2,1H3,(H,26,27)(H,28,29)(H2,23,24,25)(H,15,16,18,22)/p-3/t7-,11+,12?,13-/m1/s1. The first kappa shape index (κ1) is 31.3. The molecule has 23 heteroatoms. The van der Waals surface area contributed by atoms with Gasteiger partial charge in [0.05, 0.1) is 20.1 Å². The quantitative estimate of drug-likeness (QED) is 0.133. The molecule has 4 unspecified atom stereocenters. The van der Waals surface area contributed by atoms with Gasteiger partial charge in [0.15, 0.2) is 6.23 Å². The van der Waals surface area contributed by atoms with Crippen LogP contribution in [0.25, 0.3) is 0 Å². The third-order valence-corrected chi connectivity index (χ3v) is 7.98. The number of aliphatic hydroxyl groups excluding tert-OH is 2. The number of esters is 1. The Balaban J connectivity index is 2.02. The van der Waals surface area contributed by atoms with Crippen LogP contribution in [-0.2, 0) is 45.9 Å². The molecule has 0 aliphatic carbocycles. The Hall–Kier alpha value is -1.89. The van der Waals surface area contributed by atoms with Crippen LogP contribution in [0.2, 0.25) is 0 Å². The predicted molar refractivity (Wildman–Crippen MR) is 107 cm³/mol. The fourth-order valence-electron chi connectivity index (χ4n) is 2.75. The number of nitrogens with zero attached hydrogens (tertiary/aromatic N) is 2. The SMILES string of the molecule is COC(=O)CCC(=O)Nc1ccn([C@@H]2O[C@H](COP(=O)([O-])OP(=O)([O-])OP(=O)([O-])O)[C@H](O)C2O)c(=O)n1. The lowest BCUT2D eigenvalue weighted by molar-refractivity contribution is -0.250. The number of aliphatic hydroxyl groups is 2. The Kier molecular flexibility index (Phi) is 10.4. The van der Waals surface area contributed by atoms with Gasteiger partial charge in [0.1, 0.15) is 24.1 Å². The molecule has 20 nitrogen and oxygen atoms in total. The van der Waals surface area contributed by atoms with Crippen LogP contribution in [0.3, 0.4) is 0 Å². The molecule has 1 aliphatic heterocycles. The zero-order valence-electron chi connectivity index (χ0n) is 18.4. The number of methoxy groups -OCH3 is 1. The second kappa shape index (κ2) is 12.3. The van der Waals surface area contributed by atoms with Crippen molar-refractivity contribution in [3.63, 3.8) is 0 Å². The van der Waals surface area contributed by atoms with E-state index in [1.807, 2.05) is 0 Å². The maximum atomic E-state index is 12.3. The molecule has 1 fully saturated rings. The maximum Gasteiger partial charge on any atom is 0.351 e. The van der Waals surface area contributed by atoms with Crippen LogP contribution in [0.15, 0.2) is 17.1 Å². The Labute approximate surface area is 206 Å². The molecule has 0 saturated carbocycles. The lowest BCUT2D eigenvalue weighted by Gasteiger charge is -2.33. The zero-order valence-corrected chi connectivity index (χ0v) is 21.1. The fourth-order valence-corrected chi connectivity index (χ4v) is 5.64. The van der Waals surface area contributed by atoms with Crippen LogP contribution >= 0.6 is 23.5 Å². The summed E-state index contributed by atoms with van der Waals surface area (Å²) in [5.74, 6) is -1.55. The molecule has 2 heterocycles. The van der Waals surface area contributed by atoms with Crippen molar-refractivity contribution in [2.75, 3.05) is 19.0 Å². The summed E-state index contributed by atoms with van der Waals surface area (Å²) in [5.41, 5.74) is -1.10. The predicted octanol–water partition coefficient (Wildman–Crippen LogP) is -3.80. The van der Waals surface area contributed by atoms with E-state index in [2.05, 4.69) is 28.2 Å². The maximum absolute atomic E-state index is 12.3. The van der Waals surface area contributed by atoms with E-state index in [4.69, 9.17) is 9.63 Å². The molecule has 1 saturated heterocycles. The van der Waals surface area contributed by atoms with Crippen molar-refractivity contribution in [2.24, 2.45) is 0 Å². The van der Waals surface area contributed by atoms with E-state index in [-0.39, 0.29) is 18.7 Å². The average Bonchev–Trinajstić information content (AvgIpc) is 3.02. The number of rotatable bonds is 12. The number of phosphoric ester groups is 1. The van der Waals surface area contributed by atoms with E-state index in [0.29, 0.717) is 4.57 Å². The van der Waals surface area contributed by atoms with Crippen LogP contribution in [0.4, 0.5) is 5.82 Å². The molecule has 0 bridgehead atoms. The smallest absolute Gasteiger partial charge is 0.351 e. The summed E-state index contributed by atoms with van der Waals surface area (Å²) in [4.78, 5) is 80.4. The number of hydrogen-bond acceptors (Lipinski definition) is 17. The third kappa shape index (κ3) is 9.73. The summed E-state index contributed by atoms with van der Waals surface area (Å²) in [5, 5.41) is 22.5.